The van der Waals surface area contributed by atoms with E-state index < -0.39 is 0 Å². The number of carbonyl (C=O) groups excluding carboxylic acids is 1. The second-order valence-electron chi connectivity index (χ2n) is 7.64. The summed E-state index contributed by atoms with van der Waals surface area (Å²) in [6.07, 6.45) is 6.59. The fourth-order valence-electron chi connectivity index (χ4n) is 4.14. The number of nitrogens with one attached hydrogen (secondary N) is 1. The van der Waals surface area contributed by atoms with E-state index in [4.69, 9.17) is 4.74 Å². The van der Waals surface area contributed by atoms with E-state index in [9.17, 15) is 4.79 Å². The number of nitrogens with zero attached hydrogens (tertiary/aromatic N) is 4. The van der Waals surface area contributed by atoms with Gasteiger partial charge in [0.1, 0.15) is 0 Å². The van der Waals surface area contributed by atoms with E-state index in [1.54, 1.807) is 0 Å². The van der Waals surface area contributed by atoms with Gasteiger partial charge in [-0.1, -0.05) is 11.6 Å². The van der Waals surface area contributed by atoms with Crippen molar-refractivity contribution in [3.8, 4) is 0 Å². The molecule has 0 saturated carbocycles. The van der Waals surface area contributed by atoms with E-state index in [0.717, 1.165) is 90.7 Å². The quantitative estimate of drug-likeness (QED) is 0.266. The number of carbonyl (C=O) groups is 1. The molecule has 160 valence electrons. The van der Waals surface area contributed by atoms with Gasteiger partial charge in [-0.25, -0.2) is 0 Å². The van der Waals surface area contributed by atoms with Crippen LogP contribution in [0, 0.1) is 0 Å². The number of amides is 1. The summed E-state index contributed by atoms with van der Waals surface area (Å²) in [5.41, 5.74) is 1.48. The van der Waals surface area contributed by atoms with Crippen LogP contribution in [-0.4, -0.2) is 98.7 Å². The molecule has 1 unspecified atom stereocenters. The van der Waals surface area contributed by atoms with Crippen molar-refractivity contribution in [3.05, 3.63) is 11.6 Å². The Morgan fingerprint density at radius 1 is 1.18 bits per heavy atom. The minimum absolute atomic E-state index is 0. The van der Waals surface area contributed by atoms with Crippen molar-refractivity contribution in [2.75, 3.05) is 66.1 Å². The predicted molar refractivity (Wildman–Crippen MR) is 123 cm³/mol. The minimum Gasteiger partial charge on any atom is -0.377 e. The Balaban J connectivity index is 0.00000280. The van der Waals surface area contributed by atoms with E-state index in [0.29, 0.717) is 5.91 Å². The average molecular weight is 505 g/mol. The molecule has 0 aromatic rings. The zero-order chi connectivity index (χ0) is 19.1. The number of guanidine groups is 1. The first kappa shape index (κ1) is 23.4. The second-order valence-corrected chi connectivity index (χ2v) is 7.64. The predicted octanol–water partition coefficient (Wildman–Crippen LogP) is 1.55. The van der Waals surface area contributed by atoms with E-state index in [1.807, 2.05) is 11.9 Å². The monoisotopic (exact) mass is 505 g/mol. The highest BCUT2D eigenvalue weighted by atomic mass is 127. The maximum Gasteiger partial charge on any atom is 0.239 e. The van der Waals surface area contributed by atoms with Gasteiger partial charge in [-0.15, -0.1) is 24.0 Å². The topological polar surface area (TPSA) is 60.4 Å². The standard InChI is InChI=1S/C20H35N5O2.HI/c1-17(19(26)24-9-3-4-10-24)23-11-13-25(14-12-23)20(21-2)22-8-5-18-6-15-27-16-7-18;/h6,17H,3-5,7-16H2,1-2H3,(H,21,22);1H. The second kappa shape index (κ2) is 12.0. The lowest BCUT2D eigenvalue weighted by atomic mass is 10.1. The molecule has 3 rings (SSSR count). The van der Waals surface area contributed by atoms with Gasteiger partial charge in [0.2, 0.25) is 5.91 Å². The van der Waals surface area contributed by atoms with Crippen LogP contribution in [0.1, 0.15) is 32.6 Å². The normalized spacial score (nSPS) is 22.5. The lowest BCUT2D eigenvalue weighted by molar-refractivity contribution is -0.135. The van der Waals surface area contributed by atoms with Gasteiger partial charge in [0, 0.05) is 52.9 Å². The molecule has 0 aromatic carbocycles. The zero-order valence-electron chi connectivity index (χ0n) is 17.4. The molecule has 0 bridgehead atoms. The summed E-state index contributed by atoms with van der Waals surface area (Å²) in [5, 5.41) is 3.50. The third kappa shape index (κ3) is 6.32. The third-order valence-corrected chi connectivity index (χ3v) is 5.94. The molecule has 2 saturated heterocycles. The Morgan fingerprint density at radius 2 is 1.89 bits per heavy atom. The number of piperazine rings is 1. The molecule has 2 fully saturated rings. The SMILES string of the molecule is CN=C(NCCC1=CCOCC1)N1CCN(C(C)C(=O)N2CCCC2)CC1.I. The van der Waals surface area contributed by atoms with Crippen LogP contribution in [0.3, 0.4) is 0 Å². The fraction of sp³-hybridized carbons (Fsp3) is 0.800. The van der Waals surface area contributed by atoms with Crippen LogP contribution >= 0.6 is 24.0 Å². The lowest BCUT2D eigenvalue weighted by Gasteiger charge is -2.39. The van der Waals surface area contributed by atoms with Gasteiger partial charge in [0.05, 0.1) is 19.3 Å². The summed E-state index contributed by atoms with van der Waals surface area (Å²) in [6.45, 7) is 10.1. The van der Waals surface area contributed by atoms with Gasteiger partial charge in [0.25, 0.3) is 0 Å². The van der Waals surface area contributed by atoms with E-state index in [-0.39, 0.29) is 30.0 Å². The van der Waals surface area contributed by atoms with Gasteiger partial charge in [-0.3, -0.25) is 14.7 Å². The Morgan fingerprint density at radius 3 is 2.50 bits per heavy atom. The first-order chi connectivity index (χ1) is 13.2. The summed E-state index contributed by atoms with van der Waals surface area (Å²) in [5.74, 6) is 1.27. The van der Waals surface area contributed by atoms with Crippen molar-refractivity contribution in [1.29, 1.82) is 0 Å². The smallest absolute Gasteiger partial charge is 0.239 e. The number of hydrogen-bond donors (Lipinski definition) is 1. The zero-order valence-corrected chi connectivity index (χ0v) is 19.7. The minimum atomic E-state index is -0.0133. The molecule has 0 aromatic heterocycles. The van der Waals surface area contributed by atoms with E-state index in [1.165, 1.54) is 5.57 Å². The number of ether oxygens (including phenoxy) is 1. The first-order valence-electron chi connectivity index (χ1n) is 10.4. The van der Waals surface area contributed by atoms with Crippen molar-refractivity contribution in [2.45, 2.75) is 38.6 Å². The highest BCUT2D eigenvalue weighted by molar-refractivity contribution is 14.0. The van der Waals surface area contributed by atoms with Crippen molar-refractivity contribution >= 4 is 35.8 Å². The van der Waals surface area contributed by atoms with Crippen LogP contribution in [0.2, 0.25) is 0 Å². The molecule has 0 aliphatic carbocycles. The molecule has 7 nitrogen and oxygen atoms in total. The van der Waals surface area contributed by atoms with Crippen LogP contribution in [0.4, 0.5) is 0 Å². The van der Waals surface area contributed by atoms with Crippen LogP contribution < -0.4 is 5.32 Å². The Hall–Kier alpha value is -0.870. The molecular formula is C20H36IN5O2. The highest BCUT2D eigenvalue weighted by Gasteiger charge is 2.30. The molecule has 0 radical (unpaired) electrons. The van der Waals surface area contributed by atoms with Crippen LogP contribution in [-0.2, 0) is 9.53 Å². The molecule has 1 N–H and O–H groups in total. The summed E-state index contributed by atoms with van der Waals surface area (Å²) >= 11 is 0. The number of halogens is 1. The lowest BCUT2D eigenvalue weighted by Crippen LogP contribution is -2.57. The summed E-state index contributed by atoms with van der Waals surface area (Å²) in [4.78, 5) is 23.7. The van der Waals surface area contributed by atoms with Gasteiger partial charge in [0.15, 0.2) is 5.96 Å². The Kier molecular flexibility index (Phi) is 10.0. The summed E-state index contributed by atoms with van der Waals surface area (Å²) in [7, 11) is 1.85. The van der Waals surface area contributed by atoms with Crippen molar-refractivity contribution in [2.24, 2.45) is 4.99 Å². The van der Waals surface area contributed by atoms with Crippen molar-refractivity contribution in [3.63, 3.8) is 0 Å². The van der Waals surface area contributed by atoms with Crippen LogP contribution in [0.25, 0.3) is 0 Å². The van der Waals surface area contributed by atoms with Crippen LogP contribution in [0.15, 0.2) is 16.6 Å². The molecule has 8 heteroatoms. The van der Waals surface area contributed by atoms with Crippen molar-refractivity contribution in [1.82, 2.24) is 20.0 Å². The van der Waals surface area contributed by atoms with Gasteiger partial charge >= 0.3 is 0 Å². The summed E-state index contributed by atoms with van der Waals surface area (Å²) in [6, 6.07) is -0.0133. The molecule has 3 heterocycles. The number of hydrogen-bond acceptors (Lipinski definition) is 4. The molecule has 28 heavy (non-hydrogen) atoms. The fourth-order valence-corrected chi connectivity index (χ4v) is 4.14. The third-order valence-electron chi connectivity index (χ3n) is 5.94. The highest BCUT2D eigenvalue weighted by Crippen LogP contribution is 2.14. The van der Waals surface area contributed by atoms with Gasteiger partial charge in [-0.2, -0.15) is 0 Å². The number of rotatable bonds is 5. The number of aliphatic imine (C=N–C) groups is 1. The molecule has 1 amide bonds. The first-order valence-corrected chi connectivity index (χ1v) is 10.4. The molecule has 0 spiro atoms. The van der Waals surface area contributed by atoms with Crippen molar-refractivity contribution < 1.29 is 9.53 Å². The molecule has 3 aliphatic rings. The van der Waals surface area contributed by atoms with E-state index >= 15 is 0 Å². The Bertz CT molecular complexity index is 555. The molecule has 1 atom stereocenters. The summed E-state index contributed by atoms with van der Waals surface area (Å²) < 4.78 is 5.36. The maximum absolute atomic E-state index is 12.6. The number of likely N-dealkylation sites (tertiary alicyclic amines) is 1. The maximum atomic E-state index is 12.6. The molecular weight excluding hydrogens is 469 g/mol. The van der Waals surface area contributed by atoms with Crippen LogP contribution in [0.5, 0.6) is 0 Å². The Labute approximate surface area is 186 Å². The largest absolute Gasteiger partial charge is 0.377 e. The van der Waals surface area contributed by atoms with Gasteiger partial charge in [-0.05, 0) is 32.6 Å². The van der Waals surface area contributed by atoms with E-state index in [2.05, 4.69) is 33.1 Å². The average Bonchev–Trinajstić information content (AvgIpc) is 3.26. The van der Waals surface area contributed by atoms with Gasteiger partial charge < -0.3 is 19.9 Å². The molecule has 3 aliphatic heterocycles.